The number of carbonyl (C=O) groups is 2. The highest BCUT2D eigenvalue weighted by atomic mass is 16.4. The van der Waals surface area contributed by atoms with Gasteiger partial charge in [0, 0.05) is 18.5 Å². The van der Waals surface area contributed by atoms with Crippen LogP contribution in [0.15, 0.2) is 47.1 Å². The van der Waals surface area contributed by atoms with E-state index in [9.17, 15) is 9.59 Å². The van der Waals surface area contributed by atoms with Gasteiger partial charge in [-0.3, -0.25) is 0 Å². The zero-order chi connectivity index (χ0) is 17.4. The van der Waals surface area contributed by atoms with E-state index in [-0.39, 0.29) is 23.1 Å². The molecule has 1 aromatic heterocycles. The van der Waals surface area contributed by atoms with Gasteiger partial charge in [-0.05, 0) is 42.7 Å². The number of hydrogen-bond donors (Lipinski definition) is 2. The second-order valence-corrected chi connectivity index (χ2v) is 6.92. The Morgan fingerprint density at radius 1 is 1.24 bits per heavy atom. The average molecular weight is 340 g/mol. The van der Waals surface area contributed by atoms with Crippen LogP contribution in [0.1, 0.15) is 47.0 Å². The molecule has 1 saturated heterocycles. The van der Waals surface area contributed by atoms with E-state index in [1.165, 1.54) is 6.42 Å². The van der Waals surface area contributed by atoms with E-state index in [1.807, 2.05) is 17.0 Å². The molecule has 1 atom stereocenters. The van der Waals surface area contributed by atoms with Gasteiger partial charge in [-0.15, -0.1) is 0 Å². The second kappa shape index (κ2) is 5.95. The third kappa shape index (κ3) is 2.67. The topological polar surface area (TPSA) is 82.8 Å². The number of nitrogens with zero attached hydrogens (tertiary/aromatic N) is 1. The number of urea groups is 1. The highest BCUT2D eigenvalue weighted by molar-refractivity contribution is 5.87. The maximum Gasteiger partial charge on any atom is 0.335 e. The first-order valence-corrected chi connectivity index (χ1v) is 8.49. The molecule has 130 valence electrons. The van der Waals surface area contributed by atoms with Crippen molar-refractivity contribution in [1.29, 1.82) is 0 Å². The summed E-state index contributed by atoms with van der Waals surface area (Å²) in [7, 11) is 0. The lowest BCUT2D eigenvalue weighted by Crippen LogP contribution is -2.65. The molecule has 2 amide bonds. The summed E-state index contributed by atoms with van der Waals surface area (Å²) in [6, 6.07) is 10.2. The molecule has 1 aromatic carbocycles. The van der Waals surface area contributed by atoms with E-state index >= 15 is 0 Å². The largest absolute Gasteiger partial charge is 0.478 e. The lowest BCUT2D eigenvalue weighted by molar-refractivity contribution is -0.108. The highest BCUT2D eigenvalue weighted by Crippen LogP contribution is 2.60. The number of hydrogen-bond acceptors (Lipinski definition) is 3. The van der Waals surface area contributed by atoms with Crippen molar-refractivity contribution in [3.05, 3.63) is 59.5 Å². The Morgan fingerprint density at radius 2 is 2.00 bits per heavy atom. The molecule has 2 N–H and O–H groups in total. The first-order chi connectivity index (χ1) is 12.1. The zero-order valence-corrected chi connectivity index (χ0v) is 13.8. The fourth-order valence-corrected chi connectivity index (χ4v) is 3.93. The van der Waals surface area contributed by atoms with Gasteiger partial charge in [-0.1, -0.05) is 18.6 Å². The van der Waals surface area contributed by atoms with Gasteiger partial charge in [0.25, 0.3) is 0 Å². The van der Waals surface area contributed by atoms with E-state index in [1.54, 1.807) is 30.5 Å². The van der Waals surface area contributed by atoms with E-state index in [4.69, 9.17) is 9.52 Å². The number of carboxylic acids is 1. The van der Waals surface area contributed by atoms with Crippen LogP contribution in [-0.2, 0) is 6.54 Å². The van der Waals surface area contributed by atoms with Crippen LogP contribution in [0.25, 0.3) is 0 Å². The monoisotopic (exact) mass is 340 g/mol. The zero-order valence-electron chi connectivity index (χ0n) is 13.8. The van der Waals surface area contributed by atoms with E-state index in [0.717, 1.165) is 30.7 Å². The second-order valence-electron chi connectivity index (χ2n) is 6.92. The molecule has 2 heterocycles. The molecular formula is C19H20N2O4. The molecule has 0 radical (unpaired) electrons. The van der Waals surface area contributed by atoms with Crippen molar-refractivity contribution >= 4 is 12.0 Å². The van der Waals surface area contributed by atoms with Crippen molar-refractivity contribution in [3.8, 4) is 0 Å². The molecule has 1 saturated carbocycles. The number of carbonyl (C=O) groups excluding carboxylic acids is 1. The fraction of sp³-hybridized carbons (Fsp3) is 0.368. The number of furan rings is 1. The maximum absolute atomic E-state index is 12.6. The van der Waals surface area contributed by atoms with Crippen LogP contribution in [0.3, 0.4) is 0 Å². The summed E-state index contributed by atoms with van der Waals surface area (Å²) in [6.07, 6.45) is 5.14. The highest BCUT2D eigenvalue weighted by Gasteiger charge is 2.59. The third-order valence-electron chi connectivity index (χ3n) is 5.44. The first kappa shape index (κ1) is 15.7. The van der Waals surface area contributed by atoms with E-state index in [2.05, 4.69) is 5.32 Å². The van der Waals surface area contributed by atoms with Crippen LogP contribution in [0.2, 0.25) is 0 Å². The van der Waals surface area contributed by atoms with Crippen LogP contribution < -0.4 is 5.32 Å². The summed E-state index contributed by atoms with van der Waals surface area (Å²) in [5.74, 6) is -0.102. The number of amides is 2. The molecule has 1 aliphatic carbocycles. The standard InChI is InChI=1S/C19H20N2O4/c22-17(23)14-6-4-13(5-7-14)11-20-18(24)21-12-19(8-2-9-19)16(21)15-3-1-10-25-15/h1,3-7,10,16H,2,8-9,11-12H2,(H,20,24)(H,22,23). The number of carboxylic acid groups (broad SMARTS) is 1. The Kier molecular flexibility index (Phi) is 3.75. The smallest absolute Gasteiger partial charge is 0.335 e. The quantitative estimate of drug-likeness (QED) is 0.893. The lowest BCUT2D eigenvalue weighted by Gasteiger charge is -2.61. The number of benzene rings is 1. The van der Waals surface area contributed by atoms with Gasteiger partial charge >= 0.3 is 12.0 Å². The van der Waals surface area contributed by atoms with Gasteiger partial charge in [0.05, 0.1) is 17.9 Å². The fourth-order valence-electron chi connectivity index (χ4n) is 3.93. The molecule has 25 heavy (non-hydrogen) atoms. The lowest BCUT2D eigenvalue weighted by atomic mass is 9.57. The summed E-state index contributed by atoms with van der Waals surface area (Å²) in [5, 5.41) is 11.8. The molecule has 4 rings (SSSR count). The molecule has 2 aromatic rings. The molecule has 6 heteroatoms. The molecule has 0 bridgehead atoms. The van der Waals surface area contributed by atoms with Crippen molar-refractivity contribution in [2.45, 2.75) is 31.8 Å². The summed E-state index contributed by atoms with van der Waals surface area (Å²) < 4.78 is 5.57. The Bertz CT molecular complexity index is 778. The van der Waals surface area contributed by atoms with Crippen LogP contribution >= 0.6 is 0 Å². The summed E-state index contributed by atoms with van der Waals surface area (Å²) in [6.45, 7) is 1.13. The van der Waals surface area contributed by atoms with Gasteiger partial charge in [0.15, 0.2) is 0 Å². The normalized spacial score (nSPS) is 20.6. The average Bonchev–Trinajstić information content (AvgIpc) is 3.04. The van der Waals surface area contributed by atoms with Crippen LogP contribution in [0.4, 0.5) is 4.79 Å². The summed E-state index contributed by atoms with van der Waals surface area (Å²) in [4.78, 5) is 25.3. The molecule has 2 aliphatic rings. The predicted molar refractivity (Wildman–Crippen MR) is 90.1 cm³/mol. The molecular weight excluding hydrogens is 320 g/mol. The minimum atomic E-state index is -0.955. The number of rotatable bonds is 4. The van der Waals surface area contributed by atoms with Gasteiger partial charge in [-0.2, -0.15) is 0 Å². The van der Waals surface area contributed by atoms with E-state index in [0.29, 0.717) is 6.54 Å². The number of nitrogens with one attached hydrogen (secondary N) is 1. The number of aromatic carboxylic acids is 1. The van der Waals surface area contributed by atoms with Crippen LogP contribution in [-0.4, -0.2) is 28.6 Å². The van der Waals surface area contributed by atoms with Gasteiger partial charge in [0.1, 0.15) is 5.76 Å². The third-order valence-corrected chi connectivity index (χ3v) is 5.44. The van der Waals surface area contributed by atoms with Crippen LogP contribution in [0, 0.1) is 5.41 Å². The summed E-state index contributed by atoms with van der Waals surface area (Å²) in [5.41, 5.74) is 1.30. The maximum atomic E-state index is 12.6. The predicted octanol–water partition coefficient (Wildman–Crippen LogP) is 3.41. The van der Waals surface area contributed by atoms with Crippen molar-refractivity contribution < 1.29 is 19.1 Å². The SMILES string of the molecule is O=C(O)c1ccc(CNC(=O)N2CC3(CCC3)C2c2ccco2)cc1. The van der Waals surface area contributed by atoms with Gasteiger partial charge in [0.2, 0.25) is 0 Å². The van der Waals surface area contributed by atoms with Gasteiger partial charge < -0.3 is 19.7 Å². The Balaban J connectivity index is 1.40. The molecule has 1 aliphatic heterocycles. The Hall–Kier alpha value is -2.76. The van der Waals surface area contributed by atoms with Gasteiger partial charge in [-0.25, -0.2) is 9.59 Å². The Morgan fingerprint density at radius 3 is 2.56 bits per heavy atom. The van der Waals surface area contributed by atoms with Crippen molar-refractivity contribution in [3.63, 3.8) is 0 Å². The molecule has 6 nitrogen and oxygen atoms in total. The minimum absolute atomic E-state index is 0.0191. The Labute approximate surface area is 145 Å². The van der Waals surface area contributed by atoms with E-state index < -0.39 is 5.97 Å². The van der Waals surface area contributed by atoms with Crippen LogP contribution in [0.5, 0.6) is 0 Å². The minimum Gasteiger partial charge on any atom is -0.478 e. The number of likely N-dealkylation sites (tertiary alicyclic amines) is 1. The first-order valence-electron chi connectivity index (χ1n) is 8.49. The molecule has 2 fully saturated rings. The molecule has 1 spiro atoms. The molecule has 1 unspecified atom stereocenters. The van der Waals surface area contributed by atoms with Crippen molar-refractivity contribution in [2.24, 2.45) is 5.41 Å². The van der Waals surface area contributed by atoms with Crippen molar-refractivity contribution in [2.75, 3.05) is 6.54 Å². The van der Waals surface area contributed by atoms with Crippen molar-refractivity contribution in [1.82, 2.24) is 10.2 Å². The summed E-state index contributed by atoms with van der Waals surface area (Å²) >= 11 is 0.